The molecule has 108 valence electrons. The summed E-state index contributed by atoms with van der Waals surface area (Å²) in [5, 5.41) is 2.54. The molecule has 5 nitrogen and oxygen atoms in total. The van der Waals surface area contributed by atoms with Crippen LogP contribution in [0.3, 0.4) is 0 Å². The smallest absolute Gasteiger partial charge is 0.236 e. The fourth-order valence-electron chi connectivity index (χ4n) is 1.59. The Hall–Kier alpha value is -1.27. The van der Waals surface area contributed by atoms with Crippen LogP contribution in [0.4, 0.5) is 5.69 Å². The first-order valence-corrected chi connectivity index (χ1v) is 7.82. The largest absolute Gasteiger partial charge is 0.497 e. The van der Waals surface area contributed by atoms with Crippen molar-refractivity contribution in [2.75, 3.05) is 24.9 Å². The highest BCUT2D eigenvalue weighted by Gasteiger charge is 2.20. The van der Waals surface area contributed by atoms with Gasteiger partial charge in [-0.2, -0.15) is 0 Å². The molecule has 6 heteroatoms. The third-order valence-electron chi connectivity index (χ3n) is 2.90. The van der Waals surface area contributed by atoms with Crippen molar-refractivity contribution in [1.29, 1.82) is 0 Å². The summed E-state index contributed by atoms with van der Waals surface area (Å²) >= 11 is 0. The first kappa shape index (κ1) is 15.8. The number of hydrogen-bond acceptors (Lipinski definition) is 4. The van der Waals surface area contributed by atoms with E-state index in [0.29, 0.717) is 18.0 Å². The van der Waals surface area contributed by atoms with E-state index in [1.54, 1.807) is 32.2 Å². The van der Waals surface area contributed by atoms with Crippen molar-refractivity contribution in [2.24, 2.45) is 0 Å². The van der Waals surface area contributed by atoms with E-state index in [-0.39, 0.29) is 0 Å². The van der Waals surface area contributed by atoms with E-state index in [2.05, 4.69) is 10.0 Å². The minimum absolute atomic E-state index is 0.432. The van der Waals surface area contributed by atoms with Crippen molar-refractivity contribution in [1.82, 2.24) is 5.32 Å². The monoisotopic (exact) mass is 286 g/mol. The molecule has 0 aliphatic rings. The molecule has 1 aromatic carbocycles. The van der Waals surface area contributed by atoms with Crippen LogP contribution in [0.15, 0.2) is 18.2 Å². The number of methoxy groups -OCH3 is 1. The summed E-state index contributed by atoms with van der Waals surface area (Å²) in [4.78, 5) is 0. The van der Waals surface area contributed by atoms with Gasteiger partial charge in [-0.15, -0.1) is 0 Å². The number of rotatable bonds is 7. The molecule has 0 heterocycles. The van der Waals surface area contributed by atoms with Gasteiger partial charge in [-0.1, -0.05) is 6.92 Å². The standard InChI is InChI=1S/C13H22N2O3S/c1-5-14-9-11(3)19(16,17)15-13-7-6-12(18-4)8-10(13)2/h6-8,11,14-15H,5,9H2,1-4H3. The molecule has 0 bridgehead atoms. The van der Waals surface area contributed by atoms with Crippen molar-refractivity contribution in [2.45, 2.75) is 26.0 Å². The van der Waals surface area contributed by atoms with Crippen molar-refractivity contribution in [3.63, 3.8) is 0 Å². The topological polar surface area (TPSA) is 67.4 Å². The lowest BCUT2D eigenvalue weighted by atomic mass is 10.2. The van der Waals surface area contributed by atoms with E-state index in [1.807, 2.05) is 13.8 Å². The quantitative estimate of drug-likeness (QED) is 0.801. The maximum atomic E-state index is 12.1. The minimum atomic E-state index is -3.38. The van der Waals surface area contributed by atoms with Gasteiger partial charge >= 0.3 is 0 Å². The van der Waals surface area contributed by atoms with Crippen molar-refractivity contribution in [3.05, 3.63) is 23.8 Å². The third-order valence-corrected chi connectivity index (χ3v) is 4.63. The molecule has 0 radical (unpaired) electrons. The van der Waals surface area contributed by atoms with Crippen molar-refractivity contribution < 1.29 is 13.2 Å². The molecule has 0 fully saturated rings. The molecule has 19 heavy (non-hydrogen) atoms. The second-order valence-electron chi connectivity index (χ2n) is 4.45. The molecule has 0 aromatic heterocycles. The highest BCUT2D eigenvalue weighted by Crippen LogP contribution is 2.22. The minimum Gasteiger partial charge on any atom is -0.497 e. The number of anilines is 1. The van der Waals surface area contributed by atoms with Gasteiger partial charge in [0.05, 0.1) is 18.0 Å². The van der Waals surface area contributed by atoms with Gasteiger partial charge in [0.1, 0.15) is 5.75 Å². The first-order chi connectivity index (χ1) is 8.90. The van der Waals surface area contributed by atoms with Gasteiger partial charge < -0.3 is 10.1 Å². The number of ether oxygens (including phenoxy) is 1. The summed E-state index contributed by atoms with van der Waals surface area (Å²) in [7, 11) is -1.80. The van der Waals surface area contributed by atoms with E-state index in [1.165, 1.54) is 0 Å². The molecule has 0 saturated carbocycles. The Labute approximate surface area is 115 Å². The molecule has 0 amide bonds. The Morgan fingerprint density at radius 2 is 2.05 bits per heavy atom. The van der Waals surface area contributed by atoms with Crippen LogP contribution in [0.5, 0.6) is 5.75 Å². The molecule has 1 unspecified atom stereocenters. The van der Waals surface area contributed by atoms with E-state index < -0.39 is 15.3 Å². The zero-order valence-corrected chi connectivity index (χ0v) is 12.7. The fourth-order valence-corrected chi connectivity index (χ4v) is 2.66. The Morgan fingerprint density at radius 1 is 1.37 bits per heavy atom. The predicted octanol–water partition coefficient (Wildman–Crippen LogP) is 1.74. The van der Waals surface area contributed by atoms with Crippen LogP contribution in [-0.2, 0) is 10.0 Å². The molecular weight excluding hydrogens is 264 g/mol. The predicted molar refractivity (Wildman–Crippen MR) is 78.3 cm³/mol. The zero-order chi connectivity index (χ0) is 14.5. The molecule has 0 saturated heterocycles. The van der Waals surface area contributed by atoms with Gasteiger partial charge in [0.15, 0.2) is 0 Å². The summed E-state index contributed by atoms with van der Waals surface area (Å²) in [6, 6.07) is 5.25. The van der Waals surface area contributed by atoms with Crippen LogP contribution in [-0.4, -0.2) is 33.9 Å². The van der Waals surface area contributed by atoms with Crippen LogP contribution in [0.25, 0.3) is 0 Å². The summed E-state index contributed by atoms with van der Waals surface area (Å²) in [5.41, 5.74) is 1.42. The average molecular weight is 286 g/mol. The lowest BCUT2D eigenvalue weighted by molar-refractivity contribution is 0.414. The van der Waals surface area contributed by atoms with Crippen LogP contribution < -0.4 is 14.8 Å². The Balaban J connectivity index is 2.83. The summed E-state index contributed by atoms with van der Waals surface area (Å²) in [6.07, 6.45) is 0. The molecule has 0 aliphatic carbocycles. The van der Waals surface area contributed by atoms with Gasteiger partial charge in [-0.3, -0.25) is 4.72 Å². The van der Waals surface area contributed by atoms with Gasteiger partial charge in [-0.25, -0.2) is 8.42 Å². The SMILES string of the molecule is CCNCC(C)S(=O)(=O)Nc1ccc(OC)cc1C. The second-order valence-corrected chi connectivity index (χ2v) is 6.55. The van der Waals surface area contributed by atoms with Gasteiger partial charge in [0, 0.05) is 6.54 Å². The van der Waals surface area contributed by atoms with Gasteiger partial charge in [0.2, 0.25) is 10.0 Å². The Morgan fingerprint density at radius 3 is 2.58 bits per heavy atom. The second kappa shape index (κ2) is 6.77. The maximum Gasteiger partial charge on any atom is 0.236 e. The highest BCUT2D eigenvalue weighted by molar-refractivity contribution is 7.93. The van der Waals surface area contributed by atoms with Gasteiger partial charge in [0.25, 0.3) is 0 Å². The lowest BCUT2D eigenvalue weighted by Crippen LogP contribution is -2.34. The molecule has 1 aromatic rings. The molecule has 1 rings (SSSR count). The van der Waals surface area contributed by atoms with Crippen LogP contribution in [0.1, 0.15) is 19.4 Å². The number of benzene rings is 1. The number of sulfonamides is 1. The van der Waals surface area contributed by atoms with E-state index in [9.17, 15) is 8.42 Å². The third kappa shape index (κ3) is 4.40. The summed E-state index contributed by atoms with van der Waals surface area (Å²) < 4.78 is 32.0. The zero-order valence-electron chi connectivity index (χ0n) is 11.9. The molecular formula is C13H22N2O3S. The van der Waals surface area contributed by atoms with Crippen molar-refractivity contribution >= 4 is 15.7 Å². The van der Waals surface area contributed by atoms with E-state index >= 15 is 0 Å². The Kier molecular flexibility index (Phi) is 5.62. The average Bonchev–Trinajstić information content (AvgIpc) is 2.38. The maximum absolute atomic E-state index is 12.1. The van der Waals surface area contributed by atoms with E-state index in [4.69, 9.17) is 4.74 Å². The fraction of sp³-hybridized carbons (Fsp3) is 0.538. The summed E-state index contributed by atoms with van der Waals surface area (Å²) in [5.74, 6) is 0.709. The molecule has 0 spiro atoms. The lowest BCUT2D eigenvalue weighted by Gasteiger charge is -2.16. The normalized spacial score (nSPS) is 13.1. The number of hydrogen-bond donors (Lipinski definition) is 2. The summed E-state index contributed by atoms with van der Waals surface area (Å²) in [6.45, 7) is 6.65. The van der Waals surface area contributed by atoms with Crippen molar-refractivity contribution in [3.8, 4) is 5.75 Å². The molecule has 0 aliphatic heterocycles. The van der Waals surface area contributed by atoms with Crippen LogP contribution >= 0.6 is 0 Å². The number of nitrogens with one attached hydrogen (secondary N) is 2. The Bertz CT molecular complexity index is 515. The van der Waals surface area contributed by atoms with Crippen LogP contribution in [0.2, 0.25) is 0 Å². The highest BCUT2D eigenvalue weighted by atomic mass is 32.2. The molecule has 2 N–H and O–H groups in total. The van der Waals surface area contributed by atoms with E-state index in [0.717, 1.165) is 12.1 Å². The number of aryl methyl sites for hydroxylation is 1. The molecule has 1 atom stereocenters. The van der Waals surface area contributed by atoms with Gasteiger partial charge in [-0.05, 0) is 44.2 Å². The van der Waals surface area contributed by atoms with Crippen LogP contribution in [0, 0.1) is 6.92 Å². The first-order valence-electron chi connectivity index (χ1n) is 6.27.